The molecule has 19 heavy (non-hydrogen) atoms. The van der Waals surface area contributed by atoms with Gasteiger partial charge in [-0.1, -0.05) is 19.1 Å². The van der Waals surface area contributed by atoms with Crippen LogP contribution in [0, 0.1) is 5.41 Å². The Balaban J connectivity index is 1.70. The normalized spacial score (nSPS) is 15.9. The highest BCUT2D eigenvalue weighted by molar-refractivity contribution is 5.77. The second-order valence-corrected chi connectivity index (χ2v) is 5.27. The minimum Gasteiger partial charge on any atom is -0.484 e. The third kappa shape index (κ3) is 3.96. The van der Waals surface area contributed by atoms with Crippen LogP contribution < -0.4 is 15.8 Å². The Kier molecular flexibility index (Phi) is 4.43. The summed E-state index contributed by atoms with van der Waals surface area (Å²) in [5, 5.41) is 2.95. The van der Waals surface area contributed by atoms with E-state index in [9.17, 15) is 4.79 Å². The Hall–Kier alpha value is -1.55. The molecule has 1 fully saturated rings. The quantitative estimate of drug-likeness (QED) is 0.788. The summed E-state index contributed by atoms with van der Waals surface area (Å²) in [6, 6.07) is 7.49. The average molecular weight is 262 g/mol. The predicted molar refractivity (Wildman–Crippen MR) is 74.8 cm³/mol. The third-order valence-corrected chi connectivity index (χ3v) is 3.90. The second kappa shape index (κ2) is 6.06. The van der Waals surface area contributed by atoms with Crippen LogP contribution in [0.15, 0.2) is 24.3 Å². The second-order valence-electron chi connectivity index (χ2n) is 5.27. The standard InChI is InChI=1S/C15H22N2O2/c1-2-15(7-8-15)11-17-14(18)10-19-13-5-3-12(9-16)4-6-13/h3-6H,2,7-11,16H2,1H3,(H,17,18). The van der Waals surface area contributed by atoms with Gasteiger partial charge in [-0.05, 0) is 42.4 Å². The fourth-order valence-corrected chi connectivity index (χ4v) is 2.04. The van der Waals surface area contributed by atoms with Gasteiger partial charge in [-0.15, -0.1) is 0 Å². The number of rotatable bonds is 7. The molecule has 1 saturated carbocycles. The smallest absolute Gasteiger partial charge is 0.257 e. The third-order valence-electron chi connectivity index (χ3n) is 3.90. The number of ether oxygens (including phenoxy) is 1. The van der Waals surface area contributed by atoms with Crippen molar-refractivity contribution >= 4 is 5.91 Å². The van der Waals surface area contributed by atoms with Crippen LogP contribution in [0.5, 0.6) is 5.75 Å². The van der Waals surface area contributed by atoms with E-state index < -0.39 is 0 Å². The van der Waals surface area contributed by atoms with Crippen molar-refractivity contribution in [3.63, 3.8) is 0 Å². The molecule has 0 spiro atoms. The predicted octanol–water partition coefficient (Wildman–Crippen LogP) is 1.83. The molecule has 1 aliphatic rings. The van der Waals surface area contributed by atoms with Gasteiger partial charge < -0.3 is 15.8 Å². The molecule has 4 heteroatoms. The molecule has 0 bridgehead atoms. The zero-order chi connectivity index (χ0) is 13.7. The average Bonchev–Trinajstić information content (AvgIpc) is 3.24. The van der Waals surface area contributed by atoms with Gasteiger partial charge in [0.2, 0.25) is 0 Å². The topological polar surface area (TPSA) is 64.3 Å². The van der Waals surface area contributed by atoms with E-state index in [1.54, 1.807) is 0 Å². The van der Waals surface area contributed by atoms with Crippen molar-refractivity contribution in [1.29, 1.82) is 0 Å². The lowest BCUT2D eigenvalue weighted by Crippen LogP contribution is -2.33. The molecule has 1 aliphatic carbocycles. The van der Waals surface area contributed by atoms with Crippen LogP contribution in [0.25, 0.3) is 0 Å². The lowest BCUT2D eigenvalue weighted by Gasteiger charge is -2.13. The maximum absolute atomic E-state index is 11.7. The zero-order valence-corrected chi connectivity index (χ0v) is 11.4. The molecule has 0 radical (unpaired) electrons. The molecule has 0 saturated heterocycles. The van der Waals surface area contributed by atoms with E-state index in [0.29, 0.717) is 17.7 Å². The Bertz CT molecular complexity index is 424. The summed E-state index contributed by atoms with van der Waals surface area (Å²) >= 11 is 0. The van der Waals surface area contributed by atoms with Gasteiger partial charge in [-0.25, -0.2) is 0 Å². The first-order valence-electron chi connectivity index (χ1n) is 6.86. The van der Waals surface area contributed by atoms with Gasteiger partial charge in [0.05, 0.1) is 0 Å². The minimum absolute atomic E-state index is 0.0531. The van der Waals surface area contributed by atoms with Gasteiger partial charge in [0.25, 0.3) is 5.91 Å². The molecule has 1 aromatic rings. The molecule has 1 amide bonds. The van der Waals surface area contributed by atoms with Crippen LogP contribution in [-0.2, 0) is 11.3 Å². The molecule has 2 rings (SSSR count). The van der Waals surface area contributed by atoms with Crippen LogP contribution >= 0.6 is 0 Å². The number of carbonyl (C=O) groups excluding carboxylic acids is 1. The number of nitrogens with two attached hydrogens (primary N) is 1. The number of carbonyl (C=O) groups is 1. The summed E-state index contributed by atoms with van der Waals surface area (Å²) in [6.07, 6.45) is 3.59. The van der Waals surface area contributed by atoms with Gasteiger partial charge >= 0.3 is 0 Å². The van der Waals surface area contributed by atoms with Crippen molar-refractivity contribution in [2.24, 2.45) is 11.1 Å². The van der Waals surface area contributed by atoms with Crippen molar-refractivity contribution in [3.8, 4) is 5.75 Å². The number of amides is 1. The molecule has 0 unspecified atom stereocenters. The summed E-state index contributed by atoms with van der Waals surface area (Å²) in [5.74, 6) is 0.645. The van der Waals surface area contributed by atoms with Crippen molar-refractivity contribution in [3.05, 3.63) is 29.8 Å². The fourth-order valence-electron chi connectivity index (χ4n) is 2.04. The summed E-state index contributed by atoms with van der Waals surface area (Å²) in [6.45, 7) is 3.54. The first-order chi connectivity index (χ1) is 9.17. The monoisotopic (exact) mass is 262 g/mol. The van der Waals surface area contributed by atoms with Crippen LogP contribution in [0.2, 0.25) is 0 Å². The molecule has 1 aromatic carbocycles. The van der Waals surface area contributed by atoms with Crippen molar-refractivity contribution in [1.82, 2.24) is 5.32 Å². The van der Waals surface area contributed by atoms with E-state index in [1.165, 1.54) is 12.8 Å². The van der Waals surface area contributed by atoms with Crippen molar-refractivity contribution < 1.29 is 9.53 Å². The fraction of sp³-hybridized carbons (Fsp3) is 0.533. The summed E-state index contributed by atoms with van der Waals surface area (Å²) < 4.78 is 5.43. The van der Waals surface area contributed by atoms with Crippen LogP contribution in [-0.4, -0.2) is 19.1 Å². The summed E-state index contributed by atoms with van der Waals surface area (Å²) in [5.41, 5.74) is 6.94. The number of nitrogens with one attached hydrogen (secondary N) is 1. The molecule has 0 heterocycles. The van der Waals surface area contributed by atoms with Crippen LogP contribution in [0.3, 0.4) is 0 Å². The van der Waals surface area contributed by atoms with Gasteiger partial charge in [0, 0.05) is 13.1 Å². The van der Waals surface area contributed by atoms with Gasteiger partial charge in [0.15, 0.2) is 6.61 Å². The largest absolute Gasteiger partial charge is 0.484 e. The Morgan fingerprint density at radius 1 is 1.37 bits per heavy atom. The lowest BCUT2D eigenvalue weighted by atomic mass is 10.0. The Morgan fingerprint density at radius 2 is 2.05 bits per heavy atom. The molecule has 3 N–H and O–H groups in total. The van der Waals surface area contributed by atoms with Crippen molar-refractivity contribution in [2.75, 3.05) is 13.2 Å². The molecule has 0 aromatic heterocycles. The summed E-state index contributed by atoms with van der Waals surface area (Å²) in [7, 11) is 0. The van der Waals surface area contributed by atoms with E-state index in [0.717, 1.165) is 18.5 Å². The highest BCUT2D eigenvalue weighted by Crippen LogP contribution is 2.47. The molecular formula is C15H22N2O2. The highest BCUT2D eigenvalue weighted by Gasteiger charge is 2.40. The molecular weight excluding hydrogens is 240 g/mol. The number of hydrogen-bond acceptors (Lipinski definition) is 3. The van der Waals surface area contributed by atoms with Crippen molar-refractivity contribution in [2.45, 2.75) is 32.7 Å². The SMILES string of the molecule is CCC1(CNC(=O)COc2ccc(CN)cc2)CC1. The van der Waals surface area contributed by atoms with Crippen LogP contribution in [0.1, 0.15) is 31.7 Å². The van der Waals surface area contributed by atoms with E-state index in [2.05, 4.69) is 12.2 Å². The maximum Gasteiger partial charge on any atom is 0.257 e. The highest BCUT2D eigenvalue weighted by atomic mass is 16.5. The maximum atomic E-state index is 11.7. The molecule has 4 nitrogen and oxygen atoms in total. The first kappa shape index (κ1) is 13.9. The van der Waals surface area contributed by atoms with Gasteiger partial charge in [-0.3, -0.25) is 4.79 Å². The van der Waals surface area contributed by atoms with E-state index >= 15 is 0 Å². The Morgan fingerprint density at radius 3 is 2.58 bits per heavy atom. The van der Waals surface area contributed by atoms with Gasteiger partial charge in [-0.2, -0.15) is 0 Å². The first-order valence-corrected chi connectivity index (χ1v) is 6.86. The number of benzene rings is 1. The molecule has 0 aliphatic heterocycles. The minimum atomic E-state index is -0.0531. The number of hydrogen-bond donors (Lipinski definition) is 2. The van der Waals surface area contributed by atoms with Crippen LogP contribution in [0.4, 0.5) is 0 Å². The van der Waals surface area contributed by atoms with Gasteiger partial charge in [0.1, 0.15) is 5.75 Å². The zero-order valence-electron chi connectivity index (χ0n) is 11.4. The lowest BCUT2D eigenvalue weighted by molar-refractivity contribution is -0.123. The van der Waals surface area contributed by atoms with E-state index in [1.807, 2.05) is 24.3 Å². The molecule has 0 atom stereocenters. The van der Waals surface area contributed by atoms with E-state index in [-0.39, 0.29) is 12.5 Å². The van der Waals surface area contributed by atoms with E-state index in [4.69, 9.17) is 10.5 Å². The molecule has 104 valence electrons. The Labute approximate surface area is 114 Å². The summed E-state index contributed by atoms with van der Waals surface area (Å²) in [4.78, 5) is 11.7.